The lowest BCUT2D eigenvalue weighted by Gasteiger charge is -2.19. The van der Waals surface area contributed by atoms with Crippen molar-refractivity contribution in [3.8, 4) is 0 Å². The predicted octanol–water partition coefficient (Wildman–Crippen LogP) is 3.51. The smallest absolute Gasteiger partial charge is 0.0595 e. The Balaban J connectivity index is 1.93. The molecule has 2 aliphatic rings. The number of methoxy groups -OCH3 is 1. The van der Waals surface area contributed by atoms with Gasteiger partial charge in [-0.3, -0.25) is 0 Å². The molecule has 19 heavy (non-hydrogen) atoms. The van der Waals surface area contributed by atoms with Gasteiger partial charge in [0.05, 0.1) is 10.0 Å². The summed E-state index contributed by atoms with van der Waals surface area (Å²) in [6.45, 7) is 3.03. The van der Waals surface area contributed by atoms with Crippen molar-refractivity contribution in [3.63, 3.8) is 0 Å². The van der Waals surface area contributed by atoms with Crippen molar-refractivity contribution in [1.82, 2.24) is 5.32 Å². The number of hydrogen-bond donors (Lipinski definition) is 1. The molecule has 2 fully saturated rings. The molecule has 0 spiro atoms. The third-order valence-corrected chi connectivity index (χ3v) is 5.61. The van der Waals surface area contributed by atoms with E-state index in [0.29, 0.717) is 16.0 Å². The van der Waals surface area contributed by atoms with Crippen molar-refractivity contribution in [2.45, 2.75) is 18.3 Å². The molecule has 1 saturated carbocycles. The monoisotopic (exact) mass is 299 g/mol. The lowest BCUT2D eigenvalue weighted by molar-refractivity contribution is 0.181. The van der Waals surface area contributed by atoms with Crippen LogP contribution in [0.5, 0.6) is 0 Å². The Morgan fingerprint density at radius 3 is 2.79 bits per heavy atom. The number of piperidine rings is 1. The normalized spacial score (nSPS) is 33.0. The Hall–Kier alpha value is -0.280. The highest BCUT2D eigenvalue weighted by molar-refractivity contribution is 6.42. The fourth-order valence-corrected chi connectivity index (χ4v) is 4.20. The van der Waals surface area contributed by atoms with Gasteiger partial charge >= 0.3 is 0 Å². The Bertz CT molecular complexity index is 465. The summed E-state index contributed by atoms with van der Waals surface area (Å²) < 4.78 is 5.32. The maximum absolute atomic E-state index is 6.20. The highest BCUT2D eigenvalue weighted by atomic mass is 35.5. The van der Waals surface area contributed by atoms with Crippen LogP contribution in [0.1, 0.15) is 18.4 Å². The molecule has 3 atom stereocenters. The zero-order chi connectivity index (χ0) is 13.5. The first-order chi connectivity index (χ1) is 9.20. The molecule has 1 aromatic carbocycles. The Morgan fingerprint density at radius 2 is 2.16 bits per heavy atom. The minimum Gasteiger partial charge on any atom is -0.385 e. The van der Waals surface area contributed by atoms with E-state index in [-0.39, 0.29) is 5.41 Å². The minimum atomic E-state index is 0.244. The lowest BCUT2D eigenvalue weighted by Crippen LogP contribution is -2.24. The third kappa shape index (κ3) is 2.19. The van der Waals surface area contributed by atoms with Crippen LogP contribution in [0.3, 0.4) is 0 Å². The zero-order valence-corrected chi connectivity index (χ0v) is 12.6. The van der Waals surface area contributed by atoms with Crippen LogP contribution in [0.25, 0.3) is 0 Å². The maximum Gasteiger partial charge on any atom is 0.0595 e. The number of benzene rings is 1. The molecule has 3 rings (SSSR count). The van der Waals surface area contributed by atoms with E-state index in [1.54, 1.807) is 7.11 Å². The summed E-state index contributed by atoms with van der Waals surface area (Å²) in [6.07, 6.45) is 2.31. The van der Waals surface area contributed by atoms with Crippen LogP contribution < -0.4 is 5.32 Å². The Labute approximate surface area is 124 Å². The van der Waals surface area contributed by atoms with Crippen LogP contribution >= 0.6 is 23.2 Å². The number of fused-ring (bicyclic) bond motifs is 1. The van der Waals surface area contributed by atoms with Gasteiger partial charge in [-0.2, -0.15) is 0 Å². The van der Waals surface area contributed by atoms with Crippen molar-refractivity contribution in [2.75, 3.05) is 26.8 Å². The minimum absolute atomic E-state index is 0.244. The highest BCUT2D eigenvalue weighted by Gasteiger charge is 2.64. The molecule has 1 N–H and O–H groups in total. The summed E-state index contributed by atoms with van der Waals surface area (Å²) in [6, 6.07) is 6.12. The summed E-state index contributed by atoms with van der Waals surface area (Å²) in [7, 11) is 1.77. The SMILES string of the molecule is COCC[C@]1(c2ccc(Cl)c(Cl)c2)[C@@H]2CCNC[C@@H]21. The van der Waals surface area contributed by atoms with Crippen molar-refractivity contribution in [1.29, 1.82) is 0 Å². The molecule has 0 amide bonds. The van der Waals surface area contributed by atoms with Crippen molar-refractivity contribution in [3.05, 3.63) is 33.8 Å². The predicted molar refractivity (Wildman–Crippen MR) is 79.1 cm³/mol. The van der Waals surface area contributed by atoms with E-state index < -0.39 is 0 Å². The van der Waals surface area contributed by atoms with Crippen LogP contribution in [0.4, 0.5) is 0 Å². The van der Waals surface area contributed by atoms with Crippen molar-refractivity contribution < 1.29 is 4.74 Å². The summed E-state index contributed by atoms with van der Waals surface area (Å²) in [5.41, 5.74) is 1.57. The van der Waals surface area contributed by atoms with E-state index in [9.17, 15) is 0 Å². The van der Waals surface area contributed by atoms with Gasteiger partial charge in [-0.05, 0) is 55.5 Å². The van der Waals surface area contributed by atoms with Crippen LogP contribution in [0.15, 0.2) is 18.2 Å². The van der Waals surface area contributed by atoms with Gasteiger partial charge < -0.3 is 10.1 Å². The molecular formula is C15H19Cl2NO. The first-order valence-corrected chi connectivity index (χ1v) is 7.61. The lowest BCUT2D eigenvalue weighted by atomic mass is 9.88. The average Bonchev–Trinajstić information content (AvgIpc) is 3.09. The van der Waals surface area contributed by atoms with Gasteiger partial charge in [0.15, 0.2) is 0 Å². The molecule has 1 aromatic rings. The molecule has 2 nitrogen and oxygen atoms in total. The molecule has 4 heteroatoms. The number of rotatable bonds is 4. The van der Waals surface area contributed by atoms with E-state index in [0.717, 1.165) is 32.0 Å². The molecule has 1 heterocycles. The van der Waals surface area contributed by atoms with Gasteiger partial charge in [-0.15, -0.1) is 0 Å². The van der Waals surface area contributed by atoms with Gasteiger partial charge in [-0.25, -0.2) is 0 Å². The molecule has 0 bridgehead atoms. The standard InChI is InChI=1S/C15H19Cl2NO/c1-19-7-5-15(11-4-6-18-9-12(11)15)10-2-3-13(16)14(17)8-10/h2-3,8,11-12,18H,4-7,9H2,1H3/t11-,12+,15+/m1/s1. The van der Waals surface area contributed by atoms with Gasteiger partial charge in [0.1, 0.15) is 0 Å². The molecule has 0 radical (unpaired) electrons. The molecular weight excluding hydrogens is 281 g/mol. The van der Waals surface area contributed by atoms with Crippen molar-refractivity contribution in [2.24, 2.45) is 11.8 Å². The number of halogens is 2. The fraction of sp³-hybridized carbons (Fsp3) is 0.600. The molecule has 104 valence electrons. The second kappa shape index (κ2) is 5.25. The summed E-state index contributed by atoms with van der Waals surface area (Å²) in [5.74, 6) is 1.48. The number of ether oxygens (including phenoxy) is 1. The quantitative estimate of drug-likeness (QED) is 0.919. The van der Waals surface area contributed by atoms with Gasteiger partial charge in [-0.1, -0.05) is 29.3 Å². The summed E-state index contributed by atoms with van der Waals surface area (Å²) in [4.78, 5) is 0. The van der Waals surface area contributed by atoms with Crippen LogP contribution in [0, 0.1) is 11.8 Å². The largest absolute Gasteiger partial charge is 0.385 e. The van der Waals surface area contributed by atoms with Gasteiger partial charge in [0.2, 0.25) is 0 Å². The first-order valence-electron chi connectivity index (χ1n) is 6.85. The van der Waals surface area contributed by atoms with Crippen LogP contribution in [0.2, 0.25) is 10.0 Å². The summed E-state index contributed by atoms with van der Waals surface area (Å²) in [5, 5.41) is 4.80. The number of hydrogen-bond acceptors (Lipinski definition) is 2. The Morgan fingerprint density at radius 1 is 1.32 bits per heavy atom. The van der Waals surface area contributed by atoms with Crippen molar-refractivity contribution >= 4 is 23.2 Å². The molecule has 0 unspecified atom stereocenters. The zero-order valence-electron chi connectivity index (χ0n) is 11.1. The van der Waals surface area contributed by atoms with Crippen LogP contribution in [-0.4, -0.2) is 26.8 Å². The third-order valence-electron chi connectivity index (χ3n) is 4.87. The van der Waals surface area contributed by atoms with E-state index >= 15 is 0 Å². The van der Waals surface area contributed by atoms with E-state index in [2.05, 4.69) is 17.4 Å². The first kappa shape index (κ1) is 13.7. The van der Waals surface area contributed by atoms with E-state index in [1.165, 1.54) is 12.0 Å². The van der Waals surface area contributed by atoms with E-state index in [1.807, 2.05) is 6.07 Å². The molecule has 0 aromatic heterocycles. The summed E-state index contributed by atoms with van der Waals surface area (Å²) >= 11 is 12.2. The van der Waals surface area contributed by atoms with Gasteiger partial charge in [0.25, 0.3) is 0 Å². The second-order valence-electron chi connectivity index (χ2n) is 5.62. The molecule has 1 aliphatic carbocycles. The molecule has 1 saturated heterocycles. The van der Waals surface area contributed by atoms with Crippen LogP contribution in [-0.2, 0) is 10.2 Å². The molecule has 1 aliphatic heterocycles. The maximum atomic E-state index is 6.20. The second-order valence-corrected chi connectivity index (χ2v) is 6.43. The topological polar surface area (TPSA) is 21.3 Å². The van der Waals surface area contributed by atoms with E-state index in [4.69, 9.17) is 27.9 Å². The van der Waals surface area contributed by atoms with Gasteiger partial charge in [0, 0.05) is 19.1 Å². The number of nitrogens with one attached hydrogen (secondary N) is 1. The fourth-order valence-electron chi connectivity index (χ4n) is 3.90. The average molecular weight is 300 g/mol. The Kier molecular flexibility index (Phi) is 3.78. The highest BCUT2D eigenvalue weighted by Crippen LogP contribution is 2.64.